The Morgan fingerprint density at radius 1 is 1.65 bits per heavy atom. The van der Waals surface area contributed by atoms with Crippen molar-refractivity contribution in [1.29, 1.82) is 0 Å². The first-order chi connectivity index (χ1) is 8.08. The zero-order valence-electron chi connectivity index (χ0n) is 10.4. The molecule has 2 heterocycles. The number of aromatic nitrogens is 2. The van der Waals surface area contributed by atoms with Crippen molar-refractivity contribution in [3.05, 3.63) is 22.1 Å². The number of aromatic amines is 1. The van der Waals surface area contributed by atoms with Crippen molar-refractivity contribution in [3.63, 3.8) is 0 Å². The Bertz CT molecular complexity index is 440. The van der Waals surface area contributed by atoms with Gasteiger partial charge in [0.05, 0.1) is 5.69 Å². The first kappa shape index (κ1) is 12.1. The average molecular weight is 236 g/mol. The minimum Gasteiger partial charge on any atom is -0.394 e. The molecule has 0 bridgehead atoms. The van der Waals surface area contributed by atoms with Crippen molar-refractivity contribution in [1.82, 2.24) is 15.1 Å². The molecule has 5 nitrogen and oxygen atoms in total. The smallest absolute Gasteiger partial charge is 0.287 e. The molecule has 2 rings (SSSR count). The Balaban J connectivity index is 2.09. The molecule has 1 fully saturated rings. The highest BCUT2D eigenvalue weighted by molar-refractivity contribution is 5.34. The van der Waals surface area contributed by atoms with E-state index >= 15 is 0 Å². The van der Waals surface area contributed by atoms with Crippen LogP contribution in [-0.2, 0) is 6.42 Å². The molecule has 0 aromatic carbocycles. The lowest BCUT2D eigenvalue weighted by molar-refractivity contribution is 0.201. The van der Waals surface area contributed by atoms with Gasteiger partial charge in [-0.2, -0.15) is 5.10 Å². The van der Waals surface area contributed by atoms with Gasteiger partial charge in [-0.05, 0) is 39.3 Å². The number of likely N-dealkylation sites (tertiary alicyclic amines) is 1. The molecule has 1 aromatic rings. The third-order valence-corrected chi connectivity index (χ3v) is 3.42. The van der Waals surface area contributed by atoms with E-state index in [4.69, 9.17) is 5.73 Å². The van der Waals surface area contributed by atoms with Crippen LogP contribution in [0.5, 0.6) is 0 Å². The summed E-state index contributed by atoms with van der Waals surface area (Å²) < 4.78 is 0. The van der Waals surface area contributed by atoms with Crippen molar-refractivity contribution in [2.45, 2.75) is 45.2 Å². The van der Waals surface area contributed by atoms with Crippen molar-refractivity contribution < 1.29 is 0 Å². The predicted molar refractivity (Wildman–Crippen MR) is 67.8 cm³/mol. The summed E-state index contributed by atoms with van der Waals surface area (Å²) in [6, 6.07) is 2.77. The van der Waals surface area contributed by atoms with Crippen molar-refractivity contribution in [3.8, 4) is 0 Å². The van der Waals surface area contributed by atoms with Gasteiger partial charge in [-0.3, -0.25) is 9.69 Å². The maximum atomic E-state index is 11.1. The van der Waals surface area contributed by atoms with Gasteiger partial charge in [0.1, 0.15) is 5.69 Å². The Kier molecular flexibility index (Phi) is 3.47. The minimum absolute atomic E-state index is 0.254. The molecule has 3 N–H and O–H groups in total. The molecule has 1 unspecified atom stereocenters. The van der Waals surface area contributed by atoms with E-state index in [0.29, 0.717) is 12.1 Å². The molecule has 17 heavy (non-hydrogen) atoms. The Morgan fingerprint density at radius 2 is 2.41 bits per heavy atom. The number of nitrogens with one attached hydrogen (secondary N) is 1. The lowest BCUT2D eigenvalue weighted by Crippen LogP contribution is -2.37. The van der Waals surface area contributed by atoms with Gasteiger partial charge < -0.3 is 5.73 Å². The van der Waals surface area contributed by atoms with Gasteiger partial charge in [0.2, 0.25) is 0 Å². The van der Waals surface area contributed by atoms with Crippen LogP contribution in [0, 0.1) is 0 Å². The lowest BCUT2D eigenvalue weighted by atomic mass is 10.1. The number of hydrogen-bond acceptors (Lipinski definition) is 4. The molecular formula is C12H20N4O. The summed E-state index contributed by atoms with van der Waals surface area (Å²) in [4.78, 5) is 13.6. The zero-order chi connectivity index (χ0) is 12.4. The summed E-state index contributed by atoms with van der Waals surface area (Å²) in [7, 11) is 0. The molecule has 0 aliphatic carbocycles. The summed E-state index contributed by atoms with van der Waals surface area (Å²) in [5.41, 5.74) is 6.42. The standard InChI is InChI=1S/C12H20N4O/c1-8(2)16-5-3-4-10(16)6-9-7-11(13)12(17)15-14-9/h7-8,10H,3-6H2,1-2H3,(H2,13,14)(H,15,17). The summed E-state index contributed by atoms with van der Waals surface area (Å²) in [6.07, 6.45) is 3.29. The van der Waals surface area contributed by atoms with Crippen LogP contribution >= 0.6 is 0 Å². The average Bonchev–Trinajstić information content (AvgIpc) is 2.72. The topological polar surface area (TPSA) is 75.0 Å². The molecule has 94 valence electrons. The molecule has 0 saturated carbocycles. The molecule has 0 radical (unpaired) electrons. The number of nitrogens with zero attached hydrogens (tertiary/aromatic N) is 2. The van der Waals surface area contributed by atoms with Gasteiger partial charge in [0.15, 0.2) is 0 Å². The second kappa shape index (κ2) is 4.87. The fraction of sp³-hybridized carbons (Fsp3) is 0.667. The van der Waals surface area contributed by atoms with Crippen molar-refractivity contribution in [2.75, 3.05) is 12.3 Å². The fourth-order valence-electron chi connectivity index (χ4n) is 2.57. The van der Waals surface area contributed by atoms with E-state index in [2.05, 4.69) is 28.9 Å². The number of rotatable bonds is 3. The second-order valence-electron chi connectivity index (χ2n) is 4.98. The van der Waals surface area contributed by atoms with Crippen LogP contribution in [0.25, 0.3) is 0 Å². The van der Waals surface area contributed by atoms with Gasteiger partial charge in [-0.25, -0.2) is 5.10 Å². The van der Waals surface area contributed by atoms with Crippen LogP contribution in [-0.4, -0.2) is 33.7 Å². The van der Waals surface area contributed by atoms with E-state index in [1.165, 1.54) is 12.8 Å². The van der Waals surface area contributed by atoms with Crippen LogP contribution in [0.2, 0.25) is 0 Å². The van der Waals surface area contributed by atoms with E-state index in [1.807, 2.05) is 0 Å². The summed E-state index contributed by atoms with van der Waals surface area (Å²) in [6.45, 7) is 5.58. The third kappa shape index (κ3) is 2.66. The third-order valence-electron chi connectivity index (χ3n) is 3.42. The molecule has 1 aromatic heterocycles. The van der Waals surface area contributed by atoms with Gasteiger partial charge in [-0.1, -0.05) is 0 Å². The van der Waals surface area contributed by atoms with E-state index < -0.39 is 0 Å². The maximum absolute atomic E-state index is 11.1. The number of anilines is 1. The monoisotopic (exact) mass is 236 g/mol. The molecule has 1 aliphatic rings. The normalized spacial score (nSPS) is 21.2. The second-order valence-corrected chi connectivity index (χ2v) is 4.98. The quantitative estimate of drug-likeness (QED) is 0.812. The Morgan fingerprint density at radius 3 is 3.06 bits per heavy atom. The molecule has 0 spiro atoms. The molecule has 1 atom stereocenters. The molecular weight excluding hydrogens is 216 g/mol. The predicted octanol–water partition coefficient (Wildman–Crippen LogP) is 0.767. The number of H-pyrrole nitrogens is 1. The van der Waals surface area contributed by atoms with E-state index in [1.54, 1.807) is 6.07 Å². The van der Waals surface area contributed by atoms with Crippen molar-refractivity contribution in [2.24, 2.45) is 0 Å². The van der Waals surface area contributed by atoms with Gasteiger partial charge in [-0.15, -0.1) is 0 Å². The molecule has 5 heteroatoms. The largest absolute Gasteiger partial charge is 0.394 e. The van der Waals surface area contributed by atoms with Crippen LogP contribution in [0.3, 0.4) is 0 Å². The number of nitrogens with two attached hydrogens (primary N) is 1. The first-order valence-electron chi connectivity index (χ1n) is 6.17. The highest BCUT2D eigenvalue weighted by Gasteiger charge is 2.26. The molecule has 1 saturated heterocycles. The lowest BCUT2D eigenvalue weighted by Gasteiger charge is -2.27. The highest BCUT2D eigenvalue weighted by Crippen LogP contribution is 2.22. The molecule has 1 aliphatic heterocycles. The Labute approximate surface area is 101 Å². The van der Waals surface area contributed by atoms with Gasteiger partial charge >= 0.3 is 0 Å². The van der Waals surface area contributed by atoms with Gasteiger partial charge in [0.25, 0.3) is 5.56 Å². The van der Waals surface area contributed by atoms with Crippen LogP contribution in [0.4, 0.5) is 5.69 Å². The highest BCUT2D eigenvalue weighted by atomic mass is 16.1. The van der Waals surface area contributed by atoms with E-state index in [0.717, 1.165) is 18.7 Å². The van der Waals surface area contributed by atoms with Crippen LogP contribution in [0.15, 0.2) is 10.9 Å². The zero-order valence-corrected chi connectivity index (χ0v) is 10.4. The van der Waals surface area contributed by atoms with Crippen LogP contribution < -0.4 is 11.3 Å². The first-order valence-corrected chi connectivity index (χ1v) is 6.17. The molecule has 0 amide bonds. The number of hydrogen-bond donors (Lipinski definition) is 2. The number of nitrogen functional groups attached to an aromatic ring is 1. The van der Waals surface area contributed by atoms with E-state index in [-0.39, 0.29) is 11.2 Å². The van der Waals surface area contributed by atoms with E-state index in [9.17, 15) is 4.79 Å². The fourth-order valence-corrected chi connectivity index (χ4v) is 2.57. The van der Waals surface area contributed by atoms with Gasteiger partial charge in [0, 0.05) is 18.5 Å². The summed E-state index contributed by atoms with van der Waals surface area (Å²) >= 11 is 0. The maximum Gasteiger partial charge on any atom is 0.287 e. The minimum atomic E-state index is -0.305. The summed E-state index contributed by atoms with van der Waals surface area (Å²) in [5.74, 6) is 0. The van der Waals surface area contributed by atoms with Crippen LogP contribution in [0.1, 0.15) is 32.4 Å². The summed E-state index contributed by atoms with van der Waals surface area (Å²) in [5, 5.41) is 6.49. The van der Waals surface area contributed by atoms with Crippen molar-refractivity contribution >= 4 is 5.69 Å². The Hall–Kier alpha value is -1.36. The SMILES string of the molecule is CC(C)N1CCCC1Cc1cc(N)c(=O)[nH]n1.